The van der Waals surface area contributed by atoms with Crippen molar-refractivity contribution in [3.63, 3.8) is 0 Å². The highest BCUT2D eigenvalue weighted by Gasteiger charge is 2.34. The topological polar surface area (TPSA) is 108 Å². The number of hydrogen-bond donors (Lipinski definition) is 3. The van der Waals surface area contributed by atoms with E-state index in [-0.39, 0.29) is 6.61 Å². The van der Waals surface area contributed by atoms with Gasteiger partial charge in [-0.2, -0.15) is 0 Å². The summed E-state index contributed by atoms with van der Waals surface area (Å²) in [6.07, 6.45) is 0. The summed E-state index contributed by atoms with van der Waals surface area (Å²) in [4.78, 5) is 9.72. The number of hydrogen-bond acceptors (Lipinski definition) is 5. The molecular formula is C14H17N2O4P. The van der Waals surface area contributed by atoms with Crippen LogP contribution in [-0.4, -0.2) is 4.89 Å². The Morgan fingerprint density at radius 1 is 1.00 bits per heavy atom. The summed E-state index contributed by atoms with van der Waals surface area (Å²) in [5.74, 6) is -1.91. The van der Waals surface area contributed by atoms with Gasteiger partial charge in [0.1, 0.15) is 0 Å². The van der Waals surface area contributed by atoms with Crippen LogP contribution < -0.4 is 11.5 Å². The molecule has 6 nitrogen and oxygen atoms in total. The van der Waals surface area contributed by atoms with Gasteiger partial charge in [0, 0.05) is 5.56 Å². The van der Waals surface area contributed by atoms with Gasteiger partial charge in [-0.15, -0.1) is 0 Å². The van der Waals surface area contributed by atoms with Crippen LogP contribution in [0.4, 0.5) is 0 Å². The first-order valence-electron chi connectivity index (χ1n) is 6.24. The maximum atomic E-state index is 11.9. The molecule has 0 spiro atoms. The Hall–Kier alpha value is -1.53. The van der Waals surface area contributed by atoms with E-state index in [0.717, 1.165) is 5.56 Å². The first kappa shape index (κ1) is 15.9. The van der Waals surface area contributed by atoms with E-state index in [1.807, 2.05) is 6.07 Å². The summed E-state index contributed by atoms with van der Waals surface area (Å²) in [5, 5.41) is 0. The molecule has 1 unspecified atom stereocenters. The van der Waals surface area contributed by atoms with E-state index in [9.17, 15) is 9.46 Å². The molecule has 21 heavy (non-hydrogen) atoms. The molecule has 0 aliphatic carbocycles. The van der Waals surface area contributed by atoms with E-state index in [4.69, 9.17) is 20.5 Å². The third kappa shape index (κ3) is 4.75. The molecule has 0 aromatic heterocycles. The van der Waals surface area contributed by atoms with Crippen molar-refractivity contribution in [1.29, 1.82) is 0 Å². The molecule has 0 aliphatic rings. The number of phosphoric acid groups is 1. The Bertz CT molecular complexity index is 619. The predicted molar refractivity (Wildman–Crippen MR) is 78.6 cm³/mol. The number of phosphoric ester groups is 1. The van der Waals surface area contributed by atoms with E-state index < -0.39 is 13.7 Å². The third-order valence-corrected chi connectivity index (χ3v) is 3.72. The van der Waals surface area contributed by atoms with Crippen LogP contribution in [0.2, 0.25) is 0 Å². The summed E-state index contributed by atoms with van der Waals surface area (Å²) < 4.78 is 21.7. The van der Waals surface area contributed by atoms with Crippen LogP contribution in [0.1, 0.15) is 11.1 Å². The van der Waals surface area contributed by atoms with Crippen LogP contribution in [0.3, 0.4) is 0 Å². The summed E-state index contributed by atoms with van der Waals surface area (Å²) in [7, 11) is -4.39. The molecule has 0 fully saturated rings. The Morgan fingerprint density at radius 3 is 2.10 bits per heavy atom. The molecule has 5 N–H and O–H groups in total. The summed E-state index contributed by atoms with van der Waals surface area (Å²) >= 11 is 0. The maximum Gasteiger partial charge on any atom is 0.475 e. The van der Waals surface area contributed by atoms with Gasteiger partial charge in [0.05, 0.1) is 6.61 Å². The molecule has 7 heteroatoms. The fourth-order valence-corrected chi connectivity index (χ4v) is 2.55. The third-order valence-electron chi connectivity index (χ3n) is 2.73. The number of benzene rings is 2. The SMILES string of the molecule is NC(N)(OP(=O)(O)OCc1ccccc1)c1ccccc1. The molecule has 0 radical (unpaired) electrons. The highest BCUT2D eigenvalue weighted by molar-refractivity contribution is 7.47. The molecule has 0 bridgehead atoms. The van der Waals surface area contributed by atoms with Crippen molar-refractivity contribution in [3.8, 4) is 0 Å². The average Bonchev–Trinajstić information content (AvgIpc) is 2.46. The zero-order valence-corrected chi connectivity index (χ0v) is 12.1. The minimum absolute atomic E-state index is 0.0838. The fraction of sp³-hybridized carbons (Fsp3) is 0.143. The van der Waals surface area contributed by atoms with Crippen molar-refractivity contribution in [2.45, 2.75) is 12.5 Å². The van der Waals surface area contributed by atoms with Crippen molar-refractivity contribution >= 4 is 7.82 Å². The predicted octanol–water partition coefficient (Wildman–Crippen LogP) is 2.05. The highest BCUT2D eigenvalue weighted by Crippen LogP contribution is 2.47. The molecule has 2 rings (SSSR count). The minimum Gasteiger partial charge on any atom is -0.302 e. The van der Waals surface area contributed by atoms with Crippen LogP contribution in [-0.2, 0) is 26.1 Å². The second-order valence-corrected chi connectivity index (χ2v) is 5.86. The minimum atomic E-state index is -4.39. The molecule has 0 amide bonds. The summed E-state index contributed by atoms with van der Waals surface area (Å²) in [6.45, 7) is -0.0838. The molecule has 0 saturated carbocycles. The first-order chi connectivity index (χ1) is 9.89. The molecule has 1 atom stereocenters. The van der Waals surface area contributed by atoms with Gasteiger partial charge >= 0.3 is 7.82 Å². The molecule has 2 aromatic rings. The van der Waals surface area contributed by atoms with Crippen LogP contribution in [0.15, 0.2) is 60.7 Å². The van der Waals surface area contributed by atoms with Gasteiger partial charge in [-0.3, -0.25) is 16.0 Å². The van der Waals surface area contributed by atoms with Gasteiger partial charge in [-0.1, -0.05) is 60.7 Å². The lowest BCUT2D eigenvalue weighted by molar-refractivity contribution is 0.0251. The zero-order chi connectivity index (χ0) is 15.3. The highest BCUT2D eigenvalue weighted by atomic mass is 31.2. The quantitative estimate of drug-likeness (QED) is 0.557. The Balaban J connectivity index is 2.02. The van der Waals surface area contributed by atoms with Crippen LogP contribution in [0.5, 0.6) is 0 Å². The van der Waals surface area contributed by atoms with Crippen molar-refractivity contribution in [3.05, 3.63) is 71.8 Å². The number of nitrogens with two attached hydrogens (primary N) is 2. The van der Waals surface area contributed by atoms with Gasteiger partial charge < -0.3 is 4.89 Å². The number of rotatable bonds is 6. The van der Waals surface area contributed by atoms with Crippen LogP contribution >= 0.6 is 7.82 Å². The van der Waals surface area contributed by atoms with Gasteiger partial charge in [0.25, 0.3) is 0 Å². The van der Waals surface area contributed by atoms with Gasteiger partial charge in [0.2, 0.25) is 5.85 Å². The van der Waals surface area contributed by atoms with Gasteiger partial charge in [-0.05, 0) is 5.56 Å². The Kier molecular flexibility index (Phi) is 4.90. The molecule has 0 saturated heterocycles. The van der Waals surface area contributed by atoms with E-state index in [2.05, 4.69) is 0 Å². The normalized spacial score (nSPS) is 14.6. The van der Waals surface area contributed by atoms with Crippen molar-refractivity contribution in [2.75, 3.05) is 0 Å². The second kappa shape index (κ2) is 6.49. The fourth-order valence-electron chi connectivity index (χ4n) is 1.70. The molecule has 0 aliphatic heterocycles. The monoisotopic (exact) mass is 308 g/mol. The lowest BCUT2D eigenvalue weighted by atomic mass is 10.1. The van der Waals surface area contributed by atoms with Crippen LogP contribution in [0.25, 0.3) is 0 Å². The molecular weight excluding hydrogens is 291 g/mol. The second-order valence-electron chi connectivity index (χ2n) is 4.48. The average molecular weight is 308 g/mol. The molecule has 112 valence electrons. The van der Waals surface area contributed by atoms with Gasteiger partial charge in [0.15, 0.2) is 0 Å². The first-order valence-corrected chi connectivity index (χ1v) is 7.74. The van der Waals surface area contributed by atoms with Gasteiger partial charge in [-0.25, -0.2) is 9.09 Å². The van der Waals surface area contributed by atoms with Crippen molar-refractivity contribution in [2.24, 2.45) is 11.5 Å². The molecule has 2 aromatic carbocycles. The van der Waals surface area contributed by atoms with Crippen molar-refractivity contribution in [1.82, 2.24) is 0 Å². The molecule has 0 heterocycles. The van der Waals surface area contributed by atoms with E-state index in [0.29, 0.717) is 5.56 Å². The Labute approximate surface area is 122 Å². The zero-order valence-electron chi connectivity index (χ0n) is 11.3. The van der Waals surface area contributed by atoms with Crippen molar-refractivity contribution < 1.29 is 18.5 Å². The van der Waals surface area contributed by atoms with E-state index in [1.165, 1.54) is 0 Å². The smallest absolute Gasteiger partial charge is 0.302 e. The summed E-state index contributed by atoms with van der Waals surface area (Å²) in [5.41, 5.74) is 12.6. The maximum absolute atomic E-state index is 11.9. The lowest BCUT2D eigenvalue weighted by Gasteiger charge is -2.26. The van der Waals surface area contributed by atoms with E-state index >= 15 is 0 Å². The summed E-state index contributed by atoms with van der Waals surface area (Å²) in [6, 6.07) is 17.3. The van der Waals surface area contributed by atoms with E-state index in [1.54, 1.807) is 54.6 Å². The lowest BCUT2D eigenvalue weighted by Crippen LogP contribution is -2.47. The standard InChI is InChI=1S/C14H17N2O4P/c15-14(16,13-9-5-2-6-10-13)20-21(17,18)19-11-12-7-3-1-4-8-12/h1-10H,11,15-16H2,(H,17,18). The Morgan fingerprint density at radius 2 is 1.52 bits per heavy atom. The van der Waals surface area contributed by atoms with Crippen LogP contribution in [0, 0.1) is 0 Å². The largest absolute Gasteiger partial charge is 0.475 e.